The lowest BCUT2D eigenvalue weighted by Crippen LogP contribution is -2.40. The highest BCUT2D eigenvalue weighted by Crippen LogP contribution is 2.21. The van der Waals surface area contributed by atoms with Gasteiger partial charge in [0.05, 0.1) is 30.6 Å². The van der Waals surface area contributed by atoms with Crippen LogP contribution in [-0.2, 0) is 21.0 Å². The summed E-state index contributed by atoms with van der Waals surface area (Å²) in [5.41, 5.74) is 0.825. The summed E-state index contributed by atoms with van der Waals surface area (Å²) in [6, 6.07) is 8.48. The van der Waals surface area contributed by atoms with Crippen molar-refractivity contribution in [3.8, 4) is 6.07 Å². The maximum atomic E-state index is 11.9. The van der Waals surface area contributed by atoms with E-state index in [2.05, 4.69) is 0 Å². The molecule has 0 spiro atoms. The van der Waals surface area contributed by atoms with Gasteiger partial charge in [0, 0.05) is 0 Å². The van der Waals surface area contributed by atoms with Crippen molar-refractivity contribution in [1.82, 2.24) is 0 Å². The van der Waals surface area contributed by atoms with Gasteiger partial charge in [-0.25, -0.2) is 8.42 Å². The smallest absolute Gasteiger partial charge is 0.185 e. The number of nitriles is 1. The Hall–Kier alpha value is -1.38. The summed E-state index contributed by atoms with van der Waals surface area (Å²) in [7, 11) is -3.24. The Kier molecular flexibility index (Phi) is 2.95. The number of hydrogen-bond acceptors (Lipinski definition) is 4. The fourth-order valence-corrected chi connectivity index (χ4v) is 2.93. The van der Waals surface area contributed by atoms with Gasteiger partial charge in [0.1, 0.15) is 5.25 Å². The van der Waals surface area contributed by atoms with E-state index >= 15 is 0 Å². The van der Waals surface area contributed by atoms with Crippen molar-refractivity contribution in [2.75, 3.05) is 13.2 Å². The van der Waals surface area contributed by atoms with E-state index in [1.54, 1.807) is 24.3 Å². The Morgan fingerprint density at radius 1 is 1.31 bits per heavy atom. The van der Waals surface area contributed by atoms with E-state index < -0.39 is 15.1 Å². The van der Waals surface area contributed by atoms with Gasteiger partial charge in [-0.2, -0.15) is 5.26 Å². The summed E-state index contributed by atoms with van der Waals surface area (Å²) in [5.74, 6) is 0. The van der Waals surface area contributed by atoms with Gasteiger partial charge in [-0.3, -0.25) is 0 Å². The monoisotopic (exact) mass is 237 g/mol. The molecule has 4 nitrogen and oxygen atoms in total. The van der Waals surface area contributed by atoms with Gasteiger partial charge in [0.15, 0.2) is 9.84 Å². The van der Waals surface area contributed by atoms with Gasteiger partial charge >= 0.3 is 0 Å². The average molecular weight is 237 g/mol. The molecule has 0 N–H and O–H groups in total. The molecule has 1 heterocycles. The van der Waals surface area contributed by atoms with Crippen molar-refractivity contribution in [2.45, 2.75) is 16.6 Å². The maximum absolute atomic E-state index is 11.9. The topological polar surface area (TPSA) is 67.2 Å². The number of hydrogen-bond donors (Lipinski definition) is 0. The summed E-state index contributed by atoms with van der Waals surface area (Å²) < 4.78 is 28.8. The first-order valence-electron chi connectivity index (χ1n) is 4.92. The molecule has 16 heavy (non-hydrogen) atoms. The van der Waals surface area contributed by atoms with Gasteiger partial charge in [-0.1, -0.05) is 12.1 Å². The van der Waals surface area contributed by atoms with Crippen LogP contribution in [0.4, 0.5) is 0 Å². The third-order valence-electron chi connectivity index (χ3n) is 2.58. The molecule has 0 radical (unpaired) electrons. The van der Waals surface area contributed by atoms with Gasteiger partial charge < -0.3 is 4.74 Å². The Labute approximate surface area is 94.4 Å². The standard InChI is InChI=1S/C11H11NO3S/c12-6-5-9-1-3-10(4-2-9)16(13,14)11-7-15-8-11/h1-4,11H,5,7-8H2. The number of rotatable bonds is 3. The van der Waals surface area contributed by atoms with E-state index in [0.29, 0.717) is 11.3 Å². The summed E-state index contributed by atoms with van der Waals surface area (Å²) in [4.78, 5) is 0.308. The molecule has 2 rings (SSSR count). The van der Waals surface area contributed by atoms with E-state index in [1.807, 2.05) is 6.07 Å². The second-order valence-corrected chi connectivity index (χ2v) is 5.91. The lowest BCUT2D eigenvalue weighted by molar-refractivity contribution is 0.0416. The Morgan fingerprint density at radius 2 is 1.94 bits per heavy atom. The van der Waals surface area contributed by atoms with Crippen LogP contribution in [0.2, 0.25) is 0 Å². The zero-order valence-corrected chi connectivity index (χ0v) is 9.40. The van der Waals surface area contributed by atoms with Crippen molar-refractivity contribution < 1.29 is 13.2 Å². The minimum absolute atomic E-state index is 0.280. The van der Waals surface area contributed by atoms with E-state index in [1.165, 1.54) is 0 Å². The van der Waals surface area contributed by atoms with Crippen molar-refractivity contribution in [3.63, 3.8) is 0 Å². The first-order chi connectivity index (χ1) is 7.64. The molecule has 1 fully saturated rings. The van der Waals surface area contributed by atoms with Gasteiger partial charge in [-0.05, 0) is 17.7 Å². The predicted octanol–water partition coefficient (Wildman–Crippen LogP) is 0.925. The molecule has 0 atom stereocenters. The molecule has 0 aromatic heterocycles. The zero-order valence-electron chi connectivity index (χ0n) is 8.59. The fourth-order valence-electron chi connectivity index (χ4n) is 1.47. The zero-order chi connectivity index (χ0) is 11.6. The Morgan fingerprint density at radius 3 is 2.38 bits per heavy atom. The van der Waals surface area contributed by atoms with Crippen LogP contribution < -0.4 is 0 Å². The normalized spacial score (nSPS) is 16.4. The fraction of sp³-hybridized carbons (Fsp3) is 0.364. The van der Waals surface area contributed by atoms with Crippen LogP contribution in [0.1, 0.15) is 5.56 Å². The molecular formula is C11H11NO3S. The van der Waals surface area contributed by atoms with Crippen LogP contribution in [-0.4, -0.2) is 26.9 Å². The minimum Gasteiger partial charge on any atom is -0.379 e. The SMILES string of the molecule is N#CCc1ccc(S(=O)(=O)C2COC2)cc1. The summed E-state index contributed by atoms with van der Waals surface area (Å²) in [5, 5.41) is 8.09. The molecule has 0 unspecified atom stereocenters. The van der Waals surface area contributed by atoms with E-state index in [9.17, 15) is 8.42 Å². The quantitative estimate of drug-likeness (QED) is 0.784. The first-order valence-corrected chi connectivity index (χ1v) is 6.47. The predicted molar refractivity (Wildman–Crippen MR) is 57.6 cm³/mol. The largest absolute Gasteiger partial charge is 0.379 e. The molecule has 1 saturated heterocycles. The van der Waals surface area contributed by atoms with Crippen LogP contribution in [0.25, 0.3) is 0 Å². The second-order valence-electron chi connectivity index (χ2n) is 3.68. The van der Waals surface area contributed by atoms with Crippen LogP contribution in [0.15, 0.2) is 29.2 Å². The highest BCUT2D eigenvalue weighted by Gasteiger charge is 2.33. The molecule has 0 aliphatic carbocycles. The molecular weight excluding hydrogens is 226 g/mol. The third kappa shape index (κ3) is 1.94. The molecule has 0 amide bonds. The molecule has 5 heteroatoms. The van der Waals surface area contributed by atoms with Gasteiger partial charge in [0.25, 0.3) is 0 Å². The highest BCUT2D eigenvalue weighted by atomic mass is 32.2. The van der Waals surface area contributed by atoms with Gasteiger partial charge in [-0.15, -0.1) is 0 Å². The molecule has 1 aromatic rings. The van der Waals surface area contributed by atoms with Crippen molar-refractivity contribution >= 4 is 9.84 Å². The number of nitrogens with zero attached hydrogens (tertiary/aromatic N) is 1. The summed E-state index contributed by atoms with van der Waals surface area (Å²) in [6.45, 7) is 0.560. The van der Waals surface area contributed by atoms with Crippen LogP contribution in [0.3, 0.4) is 0 Å². The molecule has 1 aromatic carbocycles. The Balaban J connectivity index is 2.24. The number of sulfone groups is 1. The molecule has 0 bridgehead atoms. The molecule has 0 saturated carbocycles. The van der Waals surface area contributed by atoms with Crippen molar-refractivity contribution in [1.29, 1.82) is 5.26 Å². The van der Waals surface area contributed by atoms with Crippen LogP contribution in [0, 0.1) is 11.3 Å². The molecule has 84 valence electrons. The molecule has 1 aliphatic rings. The van der Waals surface area contributed by atoms with Crippen molar-refractivity contribution in [3.05, 3.63) is 29.8 Å². The van der Waals surface area contributed by atoms with E-state index in [4.69, 9.17) is 10.00 Å². The summed E-state index contributed by atoms with van der Waals surface area (Å²) in [6.07, 6.45) is 0.298. The first kappa shape index (κ1) is 11.1. The second kappa shape index (κ2) is 4.24. The van der Waals surface area contributed by atoms with Gasteiger partial charge in [0.2, 0.25) is 0 Å². The highest BCUT2D eigenvalue weighted by molar-refractivity contribution is 7.92. The van der Waals surface area contributed by atoms with Crippen LogP contribution in [0.5, 0.6) is 0 Å². The van der Waals surface area contributed by atoms with E-state index in [-0.39, 0.29) is 13.2 Å². The lowest BCUT2D eigenvalue weighted by atomic mass is 10.2. The number of ether oxygens (including phenoxy) is 1. The van der Waals surface area contributed by atoms with Crippen molar-refractivity contribution in [2.24, 2.45) is 0 Å². The molecule has 1 aliphatic heterocycles. The minimum atomic E-state index is -3.24. The summed E-state index contributed by atoms with van der Waals surface area (Å²) >= 11 is 0. The Bertz CT molecular complexity index is 509. The average Bonchev–Trinajstić information content (AvgIpc) is 2.15. The van der Waals surface area contributed by atoms with Crippen LogP contribution >= 0.6 is 0 Å². The maximum Gasteiger partial charge on any atom is 0.185 e. The third-order valence-corrected chi connectivity index (χ3v) is 4.66. The lowest BCUT2D eigenvalue weighted by Gasteiger charge is -2.25. The number of benzene rings is 1. The van der Waals surface area contributed by atoms with E-state index in [0.717, 1.165) is 5.56 Å².